The van der Waals surface area contributed by atoms with Gasteiger partial charge in [-0.2, -0.15) is 0 Å². The number of anilines is 1. The number of rotatable bonds is 5. The lowest BCUT2D eigenvalue weighted by atomic mass is 10.0. The molecular formula is C23H25NOSi. The molecule has 0 radical (unpaired) electrons. The van der Waals surface area contributed by atoms with Crippen LogP contribution in [0, 0.1) is 0 Å². The van der Waals surface area contributed by atoms with Crippen molar-refractivity contribution < 1.29 is 4.79 Å². The summed E-state index contributed by atoms with van der Waals surface area (Å²) in [6.07, 6.45) is 0. The Bertz CT molecular complexity index is 899. The highest BCUT2D eigenvalue weighted by Crippen LogP contribution is 2.16. The molecule has 0 aliphatic carbocycles. The van der Waals surface area contributed by atoms with Gasteiger partial charge >= 0.3 is 0 Å². The summed E-state index contributed by atoms with van der Waals surface area (Å²) in [5.74, 6) is 0.0744. The molecule has 0 aromatic heterocycles. The molecule has 0 unspecified atom stereocenters. The lowest BCUT2D eigenvalue weighted by molar-refractivity contribution is 0.103. The third-order valence-corrected chi connectivity index (χ3v) is 8.51. The predicted molar refractivity (Wildman–Crippen MR) is 114 cm³/mol. The minimum atomic E-state index is -1.85. The average molecular weight is 360 g/mol. The van der Waals surface area contributed by atoms with Gasteiger partial charge in [-0.15, -0.1) is 0 Å². The van der Waals surface area contributed by atoms with Crippen molar-refractivity contribution in [2.24, 2.45) is 0 Å². The lowest BCUT2D eigenvalue weighted by Crippen LogP contribution is -2.54. The maximum absolute atomic E-state index is 12.6. The van der Waals surface area contributed by atoms with E-state index < -0.39 is 8.07 Å². The fraction of sp³-hybridized carbons (Fsp3) is 0.174. The summed E-state index contributed by atoms with van der Waals surface area (Å²) in [4.78, 5) is 14.8. The molecule has 3 heteroatoms. The average Bonchev–Trinajstić information content (AvgIpc) is 2.68. The van der Waals surface area contributed by atoms with E-state index >= 15 is 0 Å². The molecule has 0 atom stereocenters. The van der Waals surface area contributed by atoms with Gasteiger partial charge in [0.05, 0.1) is 0 Å². The summed E-state index contributed by atoms with van der Waals surface area (Å²) in [6, 6.07) is 26.3. The van der Waals surface area contributed by atoms with Gasteiger partial charge in [0.15, 0.2) is 5.78 Å². The minimum absolute atomic E-state index is 0.0744. The molecule has 0 N–H and O–H groups in total. The zero-order valence-electron chi connectivity index (χ0n) is 15.9. The first-order valence-corrected chi connectivity index (χ1v) is 11.9. The predicted octanol–water partition coefficient (Wildman–Crippen LogP) is 3.81. The summed E-state index contributed by atoms with van der Waals surface area (Å²) in [6.45, 7) is 4.73. The van der Waals surface area contributed by atoms with Crippen molar-refractivity contribution in [3.63, 3.8) is 0 Å². The van der Waals surface area contributed by atoms with Gasteiger partial charge in [-0.1, -0.05) is 91.1 Å². The van der Waals surface area contributed by atoms with Crippen LogP contribution in [0.15, 0.2) is 78.9 Å². The number of hydrogen-bond acceptors (Lipinski definition) is 2. The molecule has 0 aliphatic rings. The van der Waals surface area contributed by atoms with Gasteiger partial charge in [0.1, 0.15) is 8.07 Å². The van der Waals surface area contributed by atoms with E-state index in [0.29, 0.717) is 0 Å². The van der Waals surface area contributed by atoms with Crippen molar-refractivity contribution in [3.8, 4) is 0 Å². The van der Waals surface area contributed by atoms with Gasteiger partial charge in [-0.25, -0.2) is 0 Å². The van der Waals surface area contributed by atoms with Crippen LogP contribution < -0.4 is 15.3 Å². The SMILES string of the molecule is CN(C)c1ccccc1[Si](C)(C)c1ccc(C(=O)c2ccccc2)cc1. The molecule has 3 rings (SSSR count). The van der Waals surface area contributed by atoms with Crippen LogP contribution in [0.25, 0.3) is 0 Å². The molecule has 0 saturated heterocycles. The largest absolute Gasteiger partial charge is 0.378 e. The van der Waals surface area contributed by atoms with E-state index in [1.54, 1.807) is 0 Å². The Labute approximate surface area is 157 Å². The van der Waals surface area contributed by atoms with Gasteiger partial charge in [-0.05, 0) is 11.3 Å². The molecule has 3 aromatic rings. The molecule has 0 bridgehead atoms. The highest BCUT2D eigenvalue weighted by atomic mass is 28.3. The van der Waals surface area contributed by atoms with Gasteiger partial charge in [0.2, 0.25) is 0 Å². The normalized spacial score (nSPS) is 11.2. The van der Waals surface area contributed by atoms with Gasteiger partial charge in [-0.3, -0.25) is 4.79 Å². The van der Waals surface area contributed by atoms with Crippen LogP contribution in [-0.2, 0) is 0 Å². The second kappa shape index (κ2) is 7.30. The molecule has 0 amide bonds. The standard InChI is InChI=1S/C23H25NOSi/c1-24(2)21-12-8-9-13-22(21)26(3,4)20-16-14-19(15-17-20)23(25)18-10-6-5-7-11-18/h5-17H,1-4H3. The molecule has 0 spiro atoms. The number of ketones is 1. The summed E-state index contributed by atoms with van der Waals surface area (Å²) < 4.78 is 0. The maximum Gasteiger partial charge on any atom is 0.193 e. The van der Waals surface area contributed by atoms with E-state index in [1.807, 2.05) is 42.5 Å². The molecule has 0 aliphatic heterocycles. The van der Waals surface area contributed by atoms with Gasteiger partial charge in [0, 0.05) is 30.9 Å². The van der Waals surface area contributed by atoms with Gasteiger partial charge < -0.3 is 4.90 Å². The number of nitrogens with zero attached hydrogens (tertiary/aromatic N) is 1. The Balaban J connectivity index is 1.94. The maximum atomic E-state index is 12.6. The smallest absolute Gasteiger partial charge is 0.193 e. The quantitative estimate of drug-likeness (QED) is 0.510. The van der Waals surface area contributed by atoms with Crippen LogP contribution in [0.3, 0.4) is 0 Å². The fourth-order valence-corrected chi connectivity index (χ4v) is 6.11. The van der Waals surface area contributed by atoms with Crippen molar-refractivity contribution in [2.45, 2.75) is 13.1 Å². The first-order chi connectivity index (χ1) is 12.4. The van der Waals surface area contributed by atoms with Crippen molar-refractivity contribution in [1.29, 1.82) is 0 Å². The summed E-state index contributed by atoms with van der Waals surface area (Å²) >= 11 is 0. The first-order valence-electron chi connectivity index (χ1n) is 8.88. The van der Waals surface area contributed by atoms with Crippen LogP contribution in [0.1, 0.15) is 15.9 Å². The number of carbonyl (C=O) groups excluding carboxylic acids is 1. The number of para-hydroxylation sites is 1. The van der Waals surface area contributed by atoms with Crippen LogP contribution in [0.5, 0.6) is 0 Å². The Kier molecular flexibility index (Phi) is 5.10. The molecule has 26 heavy (non-hydrogen) atoms. The molecule has 3 aromatic carbocycles. The van der Waals surface area contributed by atoms with E-state index in [1.165, 1.54) is 16.1 Å². The molecule has 132 valence electrons. The summed E-state index contributed by atoms with van der Waals surface area (Å²) in [5, 5.41) is 2.74. The minimum Gasteiger partial charge on any atom is -0.378 e. The number of hydrogen-bond donors (Lipinski definition) is 0. The Morgan fingerprint density at radius 1 is 0.731 bits per heavy atom. The molecule has 0 heterocycles. The third kappa shape index (κ3) is 3.49. The van der Waals surface area contributed by atoms with Crippen LogP contribution in [0.2, 0.25) is 13.1 Å². The van der Waals surface area contributed by atoms with E-state index in [0.717, 1.165) is 11.1 Å². The van der Waals surface area contributed by atoms with Crippen molar-refractivity contribution in [2.75, 3.05) is 19.0 Å². The van der Waals surface area contributed by atoms with E-state index in [4.69, 9.17) is 0 Å². The lowest BCUT2D eigenvalue weighted by Gasteiger charge is -2.29. The zero-order chi connectivity index (χ0) is 18.7. The van der Waals surface area contributed by atoms with Crippen LogP contribution in [-0.4, -0.2) is 28.0 Å². The number of carbonyl (C=O) groups is 1. The van der Waals surface area contributed by atoms with Crippen LogP contribution >= 0.6 is 0 Å². The zero-order valence-corrected chi connectivity index (χ0v) is 16.9. The Morgan fingerprint density at radius 3 is 1.88 bits per heavy atom. The monoisotopic (exact) mass is 359 g/mol. The van der Waals surface area contributed by atoms with Crippen LogP contribution in [0.4, 0.5) is 5.69 Å². The van der Waals surface area contributed by atoms with Crippen molar-refractivity contribution in [3.05, 3.63) is 90.0 Å². The molecular weight excluding hydrogens is 334 g/mol. The molecule has 2 nitrogen and oxygen atoms in total. The summed E-state index contributed by atoms with van der Waals surface area (Å²) in [5.41, 5.74) is 2.74. The van der Waals surface area contributed by atoms with E-state index in [9.17, 15) is 4.79 Å². The highest BCUT2D eigenvalue weighted by molar-refractivity contribution is 7.01. The molecule has 0 fully saturated rings. The topological polar surface area (TPSA) is 20.3 Å². The second-order valence-electron chi connectivity index (χ2n) is 7.31. The van der Waals surface area contributed by atoms with E-state index in [2.05, 4.69) is 68.5 Å². The second-order valence-corrected chi connectivity index (χ2v) is 11.7. The Hall–Kier alpha value is -2.65. The fourth-order valence-electron chi connectivity index (χ4n) is 3.34. The third-order valence-electron chi connectivity index (χ3n) is 4.96. The first kappa shape index (κ1) is 18.1. The summed E-state index contributed by atoms with van der Waals surface area (Å²) in [7, 11) is 2.32. The van der Waals surface area contributed by atoms with Crippen molar-refractivity contribution in [1.82, 2.24) is 0 Å². The highest BCUT2D eigenvalue weighted by Gasteiger charge is 2.29. The van der Waals surface area contributed by atoms with Gasteiger partial charge in [0.25, 0.3) is 0 Å². The van der Waals surface area contributed by atoms with E-state index in [-0.39, 0.29) is 5.78 Å². The number of benzene rings is 3. The molecule has 0 saturated carbocycles. The van der Waals surface area contributed by atoms with Crippen molar-refractivity contribution >= 4 is 29.9 Å². The Morgan fingerprint density at radius 2 is 1.27 bits per heavy atom.